The lowest BCUT2D eigenvalue weighted by molar-refractivity contribution is 0.102. The van der Waals surface area contributed by atoms with Crippen LogP contribution in [0, 0.1) is 5.82 Å². The second-order valence-electron chi connectivity index (χ2n) is 4.93. The first kappa shape index (κ1) is 17.0. The highest BCUT2D eigenvalue weighted by atomic mass is 19.1. The molecule has 3 heterocycles. The Labute approximate surface area is 147 Å². The Morgan fingerprint density at radius 1 is 1.19 bits per heavy atom. The van der Waals surface area contributed by atoms with Gasteiger partial charge >= 0.3 is 0 Å². The van der Waals surface area contributed by atoms with E-state index in [-0.39, 0.29) is 17.2 Å². The molecule has 3 rings (SSSR count). The number of carbonyl (C=O) groups excluding carboxylic acids is 1. The maximum absolute atomic E-state index is 12.9. The Hall–Kier alpha value is -3.88. The monoisotopic (exact) mass is 352 g/mol. The summed E-state index contributed by atoms with van der Waals surface area (Å²) in [6, 6.07) is 7.40. The number of nitrogens with two attached hydrogens (primary N) is 1. The van der Waals surface area contributed by atoms with E-state index in [4.69, 9.17) is 10.5 Å². The second kappa shape index (κ2) is 7.79. The number of anilines is 1. The zero-order chi connectivity index (χ0) is 18.4. The zero-order valence-corrected chi connectivity index (χ0v) is 13.3. The first-order chi connectivity index (χ1) is 12.7. The van der Waals surface area contributed by atoms with Crippen molar-refractivity contribution in [1.29, 1.82) is 0 Å². The van der Waals surface area contributed by atoms with Gasteiger partial charge in [0.05, 0.1) is 30.5 Å². The molecule has 3 aromatic rings. The molecule has 0 unspecified atom stereocenters. The number of hydrogen-bond acceptors (Lipinski definition) is 6. The van der Waals surface area contributed by atoms with Gasteiger partial charge in [0.2, 0.25) is 0 Å². The Morgan fingerprint density at radius 3 is 2.77 bits per heavy atom. The number of halogens is 1. The molecule has 26 heavy (non-hydrogen) atoms. The fourth-order valence-electron chi connectivity index (χ4n) is 2.01. The quantitative estimate of drug-likeness (QED) is 0.539. The van der Waals surface area contributed by atoms with Crippen molar-refractivity contribution in [1.82, 2.24) is 15.0 Å². The summed E-state index contributed by atoms with van der Waals surface area (Å²) in [7, 11) is 0. The van der Waals surface area contributed by atoms with Gasteiger partial charge in [-0.25, -0.2) is 19.4 Å². The van der Waals surface area contributed by atoms with Crippen LogP contribution in [0.2, 0.25) is 0 Å². The molecule has 0 aromatic carbocycles. The number of amides is 1. The SMILES string of the molecule is N/C=N\c1ncc(Oc2cccnc2)cc1C(=O)Nc1ccc(F)cn1. The van der Waals surface area contributed by atoms with E-state index < -0.39 is 11.7 Å². The maximum atomic E-state index is 12.9. The van der Waals surface area contributed by atoms with E-state index in [0.29, 0.717) is 11.5 Å². The number of ether oxygens (including phenoxy) is 1. The predicted octanol–water partition coefficient (Wildman–Crippen LogP) is 2.67. The summed E-state index contributed by atoms with van der Waals surface area (Å²) < 4.78 is 18.5. The molecule has 130 valence electrons. The van der Waals surface area contributed by atoms with Crippen molar-refractivity contribution >= 4 is 23.9 Å². The molecule has 0 saturated carbocycles. The number of hydrogen-bond donors (Lipinski definition) is 2. The highest BCUT2D eigenvalue weighted by Gasteiger charge is 2.15. The lowest BCUT2D eigenvalue weighted by Gasteiger charge is -2.09. The average molecular weight is 352 g/mol. The van der Waals surface area contributed by atoms with Crippen LogP contribution in [0.5, 0.6) is 11.5 Å². The molecule has 0 atom stereocenters. The van der Waals surface area contributed by atoms with E-state index in [9.17, 15) is 9.18 Å². The van der Waals surface area contributed by atoms with Gasteiger partial charge < -0.3 is 15.8 Å². The van der Waals surface area contributed by atoms with E-state index in [2.05, 4.69) is 25.3 Å². The zero-order valence-electron chi connectivity index (χ0n) is 13.3. The van der Waals surface area contributed by atoms with Crippen molar-refractivity contribution in [2.45, 2.75) is 0 Å². The van der Waals surface area contributed by atoms with E-state index in [1.54, 1.807) is 18.3 Å². The van der Waals surface area contributed by atoms with Crippen LogP contribution < -0.4 is 15.8 Å². The molecular formula is C17H13FN6O2. The van der Waals surface area contributed by atoms with E-state index >= 15 is 0 Å². The minimum atomic E-state index is -0.547. The van der Waals surface area contributed by atoms with Crippen LogP contribution in [0.1, 0.15) is 10.4 Å². The molecule has 0 saturated heterocycles. The van der Waals surface area contributed by atoms with Gasteiger partial charge in [0.1, 0.15) is 23.1 Å². The van der Waals surface area contributed by atoms with E-state index in [1.165, 1.54) is 30.6 Å². The molecule has 8 nitrogen and oxygen atoms in total. The van der Waals surface area contributed by atoms with Crippen LogP contribution in [0.15, 0.2) is 60.1 Å². The molecule has 3 aromatic heterocycles. The molecule has 0 fully saturated rings. The molecule has 0 spiro atoms. The lowest BCUT2D eigenvalue weighted by atomic mass is 10.2. The minimum Gasteiger partial charge on any atom is -0.454 e. The Kier molecular flexibility index (Phi) is 5.08. The molecule has 0 aliphatic rings. The summed E-state index contributed by atoms with van der Waals surface area (Å²) in [5, 5.41) is 2.54. The van der Waals surface area contributed by atoms with Gasteiger partial charge in [0.15, 0.2) is 5.82 Å². The highest BCUT2D eigenvalue weighted by Crippen LogP contribution is 2.26. The smallest absolute Gasteiger partial charge is 0.260 e. The van der Waals surface area contributed by atoms with Crippen molar-refractivity contribution in [3.63, 3.8) is 0 Å². The lowest BCUT2D eigenvalue weighted by Crippen LogP contribution is -2.14. The van der Waals surface area contributed by atoms with Gasteiger partial charge in [-0.1, -0.05) is 0 Å². The number of carbonyl (C=O) groups is 1. The third-order valence-corrected chi connectivity index (χ3v) is 3.12. The van der Waals surface area contributed by atoms with E-state index in [1.807, 2.05) is 0 Å². The topological polar surface area (TPSA) is 115 Å². The largest absolute Gasteiger partial charge is 0.454 e. The van der Waals surface area contributed by atoms with Crippen LogP contribution in [-0.4, -0.2) is 27.2 Å². The number of nitrogens with zero attached hydrogens (tertiary/aromatic N) is 4. The minimum absolute atomic E-state index is 0.102. The van der Waals surface area contributed by atoms with Crippen LogP contribution in [0.3, 0.4) is 0 Å². The number of nitrogens with one attached hydrogen (secondary N) is 1. The van der Waals surface area contributed by atoms with Crippen LogP contribution >= 0.6 is 0 Å². The normalized spacial score (nSPS) is 10.7. The molecule has 3 N–H and O–H groups in total. The van der Waals surface area contributed by atoms with Crippen LogP contribution in [0.4, 0.5) is 16.0 Å². The van der Waals surface area contributed by atoms with Crippen LogP contribution in [0.25, 0.3) is 0 Å². The van der Waals surface area contributed by atoms with Crippen molar-refractivity contribution in [3.05, 3.63) is 66.5 Å². The van der Waals surface area contributed by atoms with Gasteiger partial charge in [0, 0.05) is 6.20 Å². The third kappa shape index (κ3) is 4.15. The predicted molar refractivity (Wildman–Crippen MR) is 93.0 cm³/mol. The van der Waals surface area contributed by atoms with Crippen molar-refractivity contribution < 1.29 is 13.9 Å². The van der Waals surface area contributed by atoms with E-state index in [0.717, 1.165) is 12.5 Å². The summed E-state index contributed by atoms with van der Waals surface area (Å²) in [6.07, 6.45) is 6.56. The van der Waals surface area contributed by atoms with Gasteiger partial charge in [-0.05, 0) is 30.3 Å². The number of pyridine rings is 3. The molecule has 0 radical (unpaired) electrons. The van der Waals surface area contributed by atoms with Gasteiger partial charge in [0.25, 0.3) is 5.91 Å². The maximum Gasteiger partial charge on any atom is 0.260 e. The van der Waals surface area contributed by atoms with Gasteiger partial charge in [-0.2, -0.15) is 0 Å². The molecule has 1 amide bonds. The number of aliphatic imine (C=N–C) groups is 1. The van der Waals surface area contributed by atoms with Crippen LogP contribution in [-0.2, 0) is 0 Å². The summed E-state index contributed by atoms with van der Waals surface area (Å²) in [5.74, 6) is 0.0178. The standard InChI is InChI=1S/C17H13FN6O2/c18-11-3-4-15(21-7-11)24-17(25)14-6-13(9-22-16(14)23-10-19)26-12-2-1-5-20-8-12/h1-10H,(H2,19,22,23)(H,21,24,25). The Balaban J connectivity index is 1.88. The highest BCUT2D eigenvalue weighted by molar-refractivity contribution is 6.07. The Morgan fingerprint density at radius 2 is 2.08 bits per heavy atom. The fourth-order valence-corrected chi connectivity index (χ4v) is 2.01. The Bertz CT molecular complexity index is 932. The van der Waals surface area contributed by atoms with Crippen molar-refractivity contribution in [2.75, 3.05) is 5.32 Å². The molecule has 0 aliphatic heterocycles. The number of rotatable bonds is 5. The number of aromatic nitrogens is 3. The van der Waals surface area contributed by atoms with Gasteiger partial charge in [-0.15, -0.1) is 0 Å². The average Bonchev–Trinajstić information content (AvgIpc) is 2.66. The van der Waals surface area contributed by atoms with Gasteiger partial charge in [-0.3, -0.25) is 9.78 Å². The molecule has 9 heteroatoms. The molecular weight excluding hydrogens is 339 g/mol. The van der Waals surface area contributed by atoms with Crippen molar-refractivity contribution in [3.8, 4) is 11.5 Å². The summed E-state index contributed by atoms with van der Waals surface area (Å²) in [5.41, 5.74) is 5.41. The van der Waals surface area contributed by atoms with Crippen molar-refractivity contribution in [2.24, 2.45) is 10.7 Å². The summed E-state index contributed by atoms with van der Waals surface area (Å²) in [6.45, 7) is 0. The first-order valence-corrected chi connectivity index (χ1v) is 7.41. The summed E-state index contributed by atoms with van der Waals surface area (Å²) in [4.78, 5) is 28.2. The third-order valence-electron chi connectivity index (χ3n) is 3.12. The first-order valence-electron chi connectivity index (χ1n) is 7.41. The fraction of sp³-hybridized carbons (Fsp3) is 0. The summed E-state index contributed by atoms with van der Waals surface area (Å²) >= 11 is 0. The molecule has 0 bridgehead atoms. The molecule has 0 aliphatic carbocycles. The second-order valence-corrected chi connectivity index (χ2v) is 4.93.